The van der Waals surface area contributed by atoms with Gasteiger partial charge in [-0.2, -0.15) is 0 Å². The zero-order valence-corrected chi connectivity index (χ0v) is 25.3. The number of allylic oxidation sites excluding steroid dienone is 1. The van der Waals surface area contributed by atoms with E-state index in [0.717, 1.165) is 18.1 Å². The summed E-state index contributed by atoms with van der Waals surface area (Å²) in [5.74, 6) is -4.54. The topological polar surface area (TPSA) is 152 Å². The van der Waals surface area contributed by atoms with Crippen molar-refractivity contribution in [2.24, 2.45) is 10.8 Å². The lowest BCUT2D eigenvalue weighted by atomic mass is 9.47. The first-order valence-corrected chi connectivity index (χ1v) is 14.3. The summed E-state index contributed by atoms with van der Waals surface area (Å²) in [5.41, 5.74) is -2.73. The summed E-state index contributed by atoms with van der Waals surface area (Å²) >= 11 is 0. The number of nitrogens with zero attached hydrogens (tertiary/aromatic N) is 1. The molecule has 226 valence electrons. The fourth-order valence-corrected chi connectivity index (χ4v) is 7.61. The van der Waals surface area contributed by atoms with E-state index in [1.807, 2.05) is 31.2 Å². The fraction of sp³-hybridized carbons (Fsp3) is 0.412. The van der Waals surface area contributed by atoms with Crippen LogP contribution < -0.4 is 4.90 Å². The standard InChI is InChI=1S/C34H37NO8/c1-17-8-7-9-19(10-17)11-21(37)12-20-13-23(35(5)6)22-14-32(3)16-33(4)15-24(38)25(18(2)36)30(41)34(33,43)31(42)27(32)29(40)26(22)28(20)39/h7-10,13,39-41,43H,11-12,14-16H2,1-6H3/t32-,33+,34+/m1/s1. The van der Waals surface area contributed by atoms with Gasteiger partial charge in [0.05, 0.1) is 5.56 Å². The summed E-state index contributed by atoms with van der Waals surface area (Å²) in [6.07, 6.45) is -0.147. The third-order valence-electron chi connectivity index (χ3n) is 9.43. The lowest BCUT2D eigenvalue weighted by Crippen LogP contribution is -2.65. The van der Waals surface area contributed by atoms with E-state index in [2.05, 4.69) is 0 Å². The number of aliphatic hydroxyl groups is 3. The van der Waals surface area contributed by atoms with Crippen LogP contribution in [-0.4, -0.2) is 63.3 Å². The van der Waals surface area contributed by atoms with Gasteiger partial charge in [-0.05, 0) is 43.9 Å². The van der Waals surface area contributed by atoms with Crippen molar-refractivity contribution in [2.45, 2.75) is 65.4 Å². The maximum Gasteiger partial charge on any atom is 0.203 e. The molecular weight excluding hydrogens is 550 g/mol. The average Bonchev–Trinajstić information content (AvgIpc) is 2.87. The minimum atomic E-state index is -2.64. The van der Waals surface area contributed by atoms with Gasteiger partial charge in [0.1, 0.15) is 28.6 Å². The number of phenolic OH excluding ortho intramolecular Hbond substituents is 1. The number of hydrogen-bond acceptors (Lipinski definition) is 9. The molecule has 1 saturated carbocycles. The summed E-state index contributed by atoms with van der Waals surface area (Å²) in [6, 6.07) is 9.29. The SMILES string of the molecule is CC(=O)C1=C(O)[C@]2(O)C(=O)C3=C(O)c4c(O)c(CC(=O)Cc5cccc(C)c5)cc(N(C)C)c4C[C@]3(C)C[C@]2(C)CC1=O. The number of benzene rings is 2. The number of anilines is 1. The van der Waals surface area contributed by atoms with Gasteiger partial charge in [0.15, 0.2) is 17.2 Å². The summed E-state index contributed by atoms with van der Waals surface area (Å²) in [7, 11) is 3.59. The molecule has 43 heavy (non-hydrogen) atoms. The first-order chi connectivity index (χ1) is 19.9. The van der Waals surface area contributed by atoms with Crippen molar-refractivity contribution in [2.75, 3.05) is 19.0 Å². The van der Waals surface area contributed by atoms with Gasteiger partial charge in [-0.15, -0.1) is 0 Å². The maximum absolute atomic E-state index is 14.2. The molecule has 0 unspecified atom stereocenters. The number of fused-ring (bicyclic) bond motifs is 3. The Morgan fingerprint density at radius 3 is 2.28 bits per heavy atom. The van der Waals surface area contributed by atoms with Crippen LogP contribution in [0.1, 0.15) is 61.4 Å². The summed E-state index contributed by atoms with van der Waals surface area (Å²) in [6.45, 7) is 6.27. The Bertz CT molecular complexity index is 1700. The van der Waals surface area contributed by atoms with Crippen LogP contribution in [0, 0.1) is 17.8 Å². The first kappa shape index (κ1) is 30.2. The number of carbonyl (C=O) groups excluding carboxylic acids is 4. The molecule has 0 radical (unpaired) electrons. The van der Waals surface area contributed by atoms with E-state index in [4.69, 9.17) is 0 Å². The molecule has 0 amide bonds. The molecule has 9 heteroatoms. The maximum atomic E-state index is 14.2. The number of phenols is 1. The van der Waals surface area contributed by atoms with Crippen molar-refractivity contribution in [3.63, 3.8) is 0 Å². The van der Waals surface area contributed by atoms with E-state index in [-0.39, 0.29) is 60.3 Å². The quantitative estimate of drug-likeness (QED) is 0.367. The summed E-state index contributed by atoms with van der Waals surface area (Å²) in [4.78, 5) is 54.3. The van der Waals surface area contributed by atoms with Crippen LogP contribution in [0.2, 0.25) is 0 Å². The Morgan fingerprint density at radius 1 is 1.00 bits per heavy atom. The minimum Gasteiger partial charge on any atom is -0.508 e. The molecule has 2 aromatic rings. The van der Waals surface area contributed by atoms with Crippen molar-refractivity contribution in [1.29, 1.82) is 0 Å². The molecule has 3 aliphatic rings. The number of ketones is 4. The van der Waals surface area contributed by atoms with E-state index in [0.29, 0.717) is 11.3 Å². The molecule has 5 rings (SSSR count). The molecule has 0 spiro atoms. The number of hydrogen-bond donors (Lipinski definition) is 4. The third kappa shape index (κ3) is 4.40. The van der Waals surface area contributed by atoms with E-state index in [1.54, 1.807) is 32.0 Å². The van der Waals surface area contributed by atoms with Gasteiger partial charge in [-0.1, -0.05) is 43.7 Å². The van der Waals surface area contributed by atoms with Crippen molar-refractivity contribution in [3.05, 3.63) is 75.1 Å². The van der Waals surface area contributed by atoms with Crippen LogP contribution in [0.3, 0.4) is 0 Å². The summed E-state index contributed by atoms with van der Waals surface area (Å²) in [5, 5.41) is 46.2. The zero-order chi connectivity index (χ0) is 31.8. The van der Waals surface area contributed by atoms with Gasteiger partial charge in [-0.3, -0.25) is 19.2 Å². The molecule has 0 bridgehead atoms. The second-order valence-corrected chi connectivity index (χ2v) is 13.2. The average molecular weight is 588 g/mol. The molecular formula is C34H37NO8. The van der Waals surface area contributed by atoms with Crippen LogP contribution in [0.15, 0.2) is 47.2 Å². The molecule has 0 aliphatic heterocycles. The second-order valence-electron chi connectivity index (χ2n) is 13.2. The Kier molecular flexibility index (Phi) is 6.97. The highest BCUT2D eigenvalue weighted by Gasteiger charge is 2.68. The zero-order valence-electron chi connectivity index (χ0n) is 25.3. The number of rotatable bonds is 6. The van der Waals surface area contributed by atoms with Crippen LogP contribution in [0.25, 0.3) is 5.76 Å². The summed E-state index contributed by atoms with van der Waals surface area (Å²) < 4.78 is 0. The number of aliphatic hydroxyl groups excluding tert-OH is 2. The molecule has 3 atom stereocenters. The van der Waals surface area contributed by atoms with E-state index >= 15 is 0 Å². The van der Waals surface area contributed by atoms with Gasteiger partial charge in [0.25, 0.3) is 0 Å². The highest BCUT2D eigenvalue weighted by Crippen LogP contribution is 2.63. The molecule has 9 nitrogen and oxygen atoms in total. The smallest absolute Gasteiger partial charge is 0.203 e. The second kappa shape index (κ2) is 9.91. The largest absolute Gasteiger partial charge is 0.508 e. The van der Waals surface area contributed by atoms with Gasteiger partial charge in [0.2, 0.25) is 5.78 Å². The Morgan fingerprint density at radius 2 is 1.67 bits per heavy atom. The van der Waals surface area contributed by atoms with E-state index in [9.17, 15) is 39.6 Å². The van der Waals surface area contributed by atoms with Crippen molar-refractivity contribution in [3.8, 4) is 5.75 Å². The molecule has 4 N–H and O–H groups in total. The predicted molar refractivity (Wildman–Crippen MR) is 160 cm³/mol. The first-order valence-electron chi connectivity index (χ1n) is 14.3. The van der Waals surface area contributed by atoms with Crippen LogP contribution in [0.5, 0.6) is 5.75 Å². The van der Waals surface area contributed by atoms with Gasteiger partial charge in [-0.25, -0.2) is 0 Å². The third-order valence-corrected chi connectivity index (χ3v) is 9.43. The van der Waals surface area contributed by atoms with Crippen LogP contribution >= 0.6 is 0 Å². The Balaban J connectivity index is 1.67. The molecule has 1 fully saturated rings. The van der Waals surface area contributed by atoms with Gasteiger partial charge >= 0.3 is 0 Å². The number of aromatic hydroxyl groups is 1. The van der Waals surface area contributed by atoms with Gasteiger partial charge in [0, 0.05) is 61.0 Å². The van der Waals surface area contributed by atoms with E-state index in [1.165, 1.54) is 6.92 Å². The normalized spacial score (nSPS) is 26.6. The number of Topliss-reactive ketones (excluding diaryl/α,β-unsaturated/α-hetero) is 4. The Hall–Kier alpha value is -4.24. The Labute approximate surface area is 250 Å². The molecule has 0 aromatic heterocycles. The number of aryl methyl sites for hydroxylation is 1. The van der Waals surface area contributed by atoms with Gasteiger partial charge < -0.3 is 25.3 Å². The van der Waals surface area contributed by atoms with Crippen LogP contribution in [0.4, 0.5) is 5.69 Å². The minimum absolute atomic E-state index is 0.0141. The fourth-order valence-electron chi connectivity index (χ4n) is 7.61. The monoisotopic (exact) mass is 587 g/mol. The van der Waals surface area contributed by atoms with E-state index < -0.39 is 50.9 Å². The lowest BCUT2D eigenvalue weighted by Gasteiger charge is -2.56. The molecule has 0 heterocycles. The number of carbonyl (C=O) groups is 4. The van der Waals surface area contributed by atoms with Crippen molar-refractivity contribution >= 4 is 34.6 Å². The lowest BCUT2D eigenvalue weighted by molar-refractivity contribution is -0.165. The molecule has 2 aromatic carbocycles. The molecule has 3 aliphatic carbocycles. The molecule has 0 saturated heterocycles. The van der Waals surface area contributed by atoms with Crippen molar-refractivity contribution < 1.29 is 39.6 Å². The highest BCUT2D eigenvalue weighted by molar-refractivity contribution is 6.23. The predicted octanol–water partition coefficient (Wildman–Crippen LogP) is 4.04. The van der Waals surface area contributed by atoms with Crippen molar-refractivity contribution in [1.82, 2.24) is 0 Å². The van der Waals surface area contributed by atoms with Crippen LogP contribution in [-0.2, 0) is 38.4 Å². The highest BCUT2D eigenvalue weighted by atomic mass is 16.3.